The van der Waals surface area contributed by atoms with Crippen LogP contribution in [0.1, 0.15) is 43.0 Å². The van der Waals surface area contributed by atoms with E-state index < -0.39 is 0 Å². The molecule has 9 nitrogen and oxygen atoms in total. The lowest BCUT2D eigenvalue weighted by Crippen LogP contribution is -2.09. The number of nitrogens with two attached hydrogens (primary N) is 1. The molecule has 1 unspecified atom stereocenters. The Bertz CT molecular complexity index is 1230. The average molecular weight is 371 g/mol. The van der Waals surface area contributed by atoms with Gasteiger partial charge in [0.05, 0.1) is 29.2 Å². The normalized spacial score (nSPS) is 14.9. The maximum atomic E-state index is 9.20. The highest BCUT2D eigenvalue weighted by atomic mass is 15.3. The molecule has 4 aromatic heterocycles. The SMILES string of the molecule is CC(c1cnn(C2CC2)c1)n1nc(-c2cncc(C#N)c2)c2c(N)ncnc21. The molecule has 1 aliphatic rings. The third-order valence-corrected chi connectivity index (χ3v) is 5.05. The molecule has 4 heterocycles. The van der Waals surface area contributed by atoms with E-state index in [9.17, 15) is 5.26 Å². The van der Waals surface area contributed by atoms with Crippen molar-refractivity contribution in [2.75, 3.05) is 5.73 Å². The van der Waals surface area contributed by atoms with Gasteiger partial charge < -0.3 is 5.73 Å². The molecule has 5 rings (SSSR count). The second-order valence-corrected chi connectivity index (χ2v) is 6.99. The quantitative estimate of drug-likeness (QED) is 0.584. The maximum Gasteiger partial charge on any atom is 0.164 e. The van der Waals surface area contributed by atoms with Gasteiger partial charge in [0, 0.05) is 29.7 Å². The zero-order valence-electron chi connectivity index (χ0n) is 15.2. The van der Waals surface area contributed by atoms with E-state index in [0.717, 1.165) is 5.56 Å². The molecule has 9 heteroatoms. The van der Waals surface area contributed by atoms with E-state index in [4.69, 9.17) is 10.8 Å². The maximum absolute atomic E-state index is 9.20. The highest BCUT2D eigenvalue weighted by Crippen LogP contribution is 2.36. The van der Waals surface area contributed by atoms with Crippen LogP contribution >= 0.6 is 0 Å². The van der Waals surface area contributed by atoms with Crippen LogP contribution in [0.4, 0.5) is 5.82 Å². The van der Waals surface area contributed by atoms with Crippen LogP contribution in [0.15, 0.2) is 37.2 Å². The standard InChI is InChI=1S/C19H17N9/c1-11(14-8-25-27(9-14)15-2-3-15)28-19-16(18(21)23-10-24-19)17(26-28)13-4-12(5-20)6-22-7-13/h4,6-11,15H,2-3H2,1H3,(H2,21,23,24). The minimum absolute atomic E-state index is 0.0924. The highest BCUT2D eigenvalue weighted by Gasteiger charge is 2.26. The van der Waals surface area contributed by atoms with E-state index >= 15 is 0 Å². The van der Waals surface area contributed by atoms with Crippen molar-refractivity contribution >= 4 is 16.9 Å². The van der Waals surface area contributed by atoms with Gasteiger partial charge in [0.25, 0.3) is 0 Å². The largest absolute Gasteiger partial charge is 0.383 e. The Balaban J connectivity index is 1.67. The fourth-order valence-electron chi connectivity index (χ4n) is 3.35. The van der Waals surface area contributed by atoms with Crippen molar-refractivity contribution in [3.63, 3.8) is 0 Å². The van der Waals surface area contributed by atoms with Gasteiger partial charge in [0.2, 0.25) is 0 Å². The Kier molecular flexibility index (Phi) is 3.58. The molecule has 0 bridgehead atoms. The lowest BCUT2D eigenvalue weighted by Gasteiger charge is -2.10. The molecule has 1 saturated carbocycles. The Hall–Kier alpha value is -3.80. The molecule has 0 radical (unpaired) electrons. The predicted octanol–water partition coefficient (Wildman–Crippen LogP) is 2.48. The number of fused-ring (bicyclic) bond motifs is 1. The molecule has 1 aliphatic carbocycles. The number of nitrogen functional groups attached to an aromatic ring is 1. The van der Waals surface area contributed by atoms with Crippen molar-refractivity contribution in [1.82, 2.24) is 34.5 Å². The smallest absolute Gasteiger partial charge is 0.164 e. The monoisotopic (exact) mass is 371 g/mol. The molecule has 0 aromatic carbocycles. The third kappa shape index (κ3) is 2.58. The zero-order valence-corrected chi connectivity index (χ0v) is 15.2. The highest BCUT2D eigenvalue weighted by molar-refractivity contribution is 5.98. The van der Waals surface area contributed by atoms with Crippen LogP contribution in [0.25, 0.3) is 22.3 Å². The summed E-state index contributed by atoms with van der Waals surface area (Å²) in [6.45, 7) is 2.05. The Morgan fingerprint density at radius 3 is 2.89 bits per heavy atom. The first-order valence-electron chi connectivity index (χ1n) is 9.04. The molecular formula is C19H17N9. The van der Waals surface area contributed by atoms with Gasteiger partial charge in [-0.15, -0.1) is 0 Å². The third-order valence-electron chi connectivity index (χ3n) is 5.05. The van der Waals surface area contributed by atoms with E-state index in [2.05, 4.69) is 32.3 Å². The summed E-state index contributed by atoms with van der Waals surface area (Å²) in [5.41, 5.74) is 9.61. The van der Waals surface area contributed by atoms with Crippen LogP contribution < -0.4 is 5.73 Å². The van der Waals surface area contributed by atoms with Crippen molar-refractivity contribution in [2.45, 2.75) is 31.8 Å². The molecule has 1 fully saturated rings. The van der Waals surface area contributed by atoms with E-state index in [1.807, 2.05) is 22.5 Å². The van der Waals surface area contributed by atoms with Gasteiger partial charge in [-0.25, -0.2) is 14.6 Å². The van der Waals surface area contributed by atoms with Crippen molar-refractivity contribution in [3.8, 4) is 17.3 Å². The van der Waals surface area contributed by atoms with Crippen LogP contribution in [0.3, 0.4) is 0 Å². The second-order valence-electron chi connectivity index (χ2n) is 6.99. The minimum Gasteiger partial charge on any atom is -0.383 e. The molecule has 4 aromatic rings. The fraction of sp³-hybridized carbons (Fsp3) is 0.263. The molecule has 138 valence electrons. The molecule has 0 saturated heterocycles. The number of nitrogens with zero attached hydrogens (tertiary/aromatic N) is 8. The lowest BCUT2D eigenvalue weighted by molar-refractivity contribution is 0.578. The Morgan fingerprint density at radius 2 is 2.11 bits per heavy atom. The molecule has 1 atom stereocenters. The van der Waals surface area contributed by atoms with Gasteiger partial charge in [-0.2, -0.15) is 15.5 Å². The van der Waals surface area contributed by atoms with E-state index in [-0.39, 0.29) is 6.04 Å². The molecule has 28 heavy (non-hydrogen) atoms. The van der Waals surface area contributed by atoms with E-state index in [1.165, 1.54) is 25.4 Å². The van der Waals surface area contributed by atoms with Gasteiger partial charge in [0.15, 0.2) is 5.65 Å². The average Bonchev–Trinajstić information content (AvgIpc) is 3.31. The van der Waals surface area contributed by atoms with Gasteiger partial charge in [-0.3, -0.25) is 9.67 Å². The minimum atomic E-state index is -0.0924. The first kappa shape index (κ1) is 16.4. The summed E-state index contributed by atoms with van der Waals surface area (Å²) in [5.74, 6) is 0.342. The van der Waals surface area contributed by atoms with Crippen LogP contribution in [-0.4, -0.2) is 34.5 Å². The molecule has 0 spiro atoms. The first-order valence-corrected chi connectivity index (χ1v) is 9.04. The second kappa shape index (κ2) is 6.13. The summed E-state index contributed by atoms with van der Waals surface area (Å²) in [6, 6.07) is 4.27. The number of aromatic nitrogens is 7. The number of hydrogen-bond donors (Lipinski definition) is 1. The van der Waals surface area contributed by atoms with Gasteiger partial charge in [0.1, 0.15) is 23.9 Å². The predicted molar refractivity (Wildman–Crippen MR) is 102 cm³/mol. The number of hydrogen-bond acceptors (Lipinski definition) is 7. The van der Waals surface area contributed by atoms with Crippen molar-refractivity contribution in [2.24, 2.45) is 0 Å². The van der Waals surface area contributed by atoms with Gasteiger partial charge in [-0.1, -0.05) is 0 Å². The summed E-state index contributed by atoms with van der Waals surface area (Å²) in [6.07, 6.45) is 10.9. The van der Waals surface area contributed by atoms with Gasteiger partial charge in [-0.05, 0) is 25.8 Å². The number of pyridine rings is 1. The van der Waals surface area contributed by atoms with Gasteiger partial charge >= 0.3 is 0 Å². The molecule has 0 amide bonds. The van der Waals surface area contributed by atoms with Crippen LogP contribution in [-0.2, 0) is 0 Å². The summed E-state index contributed by atoms with van der Waals surface area (Å²) >= 11 is 0. The van der Waals surface area contributed by atoms with E-state index in [0.29, 0.717) is 39.7 Å². The van der Waals surface area contributed by atoms with Crippen LogP contribution in [0.2, 0.25) is 0 Å². The molecule has 2 N–H and O–H groups in total. The van der Waals surface area contributed by atoms with Crippen molar-refractivity contribution < 1.29 is 0 Å². The summed E-state index contributed by atoms with van der Waals surface area (Å²) in [5, 5.41) is 19.1. The summed E-state index contributed by atoms with van der Waals surface area (Å²) in [7, 11) is 0. The number of rotatable bonds is 4. The fourth-order valence-corrected chi connectivity index (χ4v) is 3.35. The zero-order chi connectivity index (χ0) is 19.3. The van der Waals surface area contributed by atoms with Crippen LogP contribution in [0.5, 0.6) is 0 Å². The number of nitriles is 1. The van der Waals surface area contributed by atoms with E-state index in [1.54, 1.807) is 12.3 Å². The summed E-state index contributed by atoms with van der Waals surface area (Å²) < 4.78 is 3.85. The number of anilines is 1. The Morgan fingerprint density at radius 1 is 1.25 bits per heavy atom. The first-order chi connectivity index (χ1) is 13.7. The van der Waals surface area contributed by atoms with Crippen molar-refractivity contribution in [3.05, 3.63) is 48.3 Å². The molecular weight excluding hydrogens is 354 g/mol. The lowest BCUT2D eigenvalue weighted by atomic mass is 10.1. The van der Waals surface area contributed by atoms with Crippen molar-refractivity contribution in [1.29, 1.82) is 5.26 Å². The Labute approximate surface area is 160 Å². The molecule has 0 aliphatic heterocycles. The topological polar surface area (TPSA) is 124 Å². The van der Waals surface area contributed by atoms with Crippen LogP contribution in [0, 0.1) is 11.3 Å². The summed E-state index contributed by atoms with van der Waals surface area (Å²) in [4.78, 5) is 12.7.